The van der Waals surface area contributed by atoms with E-state index in [0.717, 1.165) is 4.52 Å². The first-order valence-corrected chi connectivity index (χ1v) is 6.85. The number of carbonyl (C=O) groups is 1. The Morgan fingerprint density at radius 2 is 2.05 bits per heavy atom. The van der Waals surface area contributed by atoms with E-state index in [1.54, 1.807) is 13.0 Å². The summed E-state index contributed by atoms with van der Waals surface area (Å²) < 4.78 is 39.5. The standard InChI is InChI=1S/C13H14F3N5O/c1-7-6-20(4-3-9(7)22)10-5-8(2)17-12-18-11(13(14,15)16)19-21(10)12/h5,7H,3-4,6H2,1-2H3. The quantitative estimate of drug-likeness (QED) is 0.804. The van der Waals surface area contributed by atoms with Gasteiger partial charge in [0.05, 0.1) is 0 Å². The van der Waals surface area contributed by atoms with Crippen LogP contribution in [-0.2, 0) is 11.0 Å². The lowest BCUT2D eigenvalue weighted by molar-refractivity contribution is -0.144. The van der Waals surface area contributed by atoms with Crippen molar-refractivity contribution in [2.75, 3.05) is 18.0 Å². The lowest BCUT2D eigenvalue weighted by Gasteiger charge is -2.31. The summed E-state index contributed by atoms with van der Waals surface area (Å²) in [7, 11) is 0. The van der Waals surface area contributed by atoms with Crippen LogP contribution in [0.1, 0.15) is 24.9 Å². The molecule has 22 heavy (non-hydrogen) atoms. The molecule has 6 nitrogen and oxygen atoms in total. The zero-order valence-corrected chi connectivity index (χ0v) is 12.1. The van der Waals surface area contributed by atoms with Gasteiger partial charge in [0.15, 0.2) is 0 Å². The topological polar surface area (TPSA) is 63.4 Å². The number of nitrogens with zero attached hydrogens (tertiary/aromatic N) is 5. The SMILES string of the molecule is Cc1cc(N2CCC(=O)C(C)C2)n2nc(C(F)(F)F)nc2n1. The molecule has 3 heterocycles. The van der Waals surface area contributed by atoms with E-state index >= 15 is 0 Å². The van der Waals surface area contributed by atoms with Crippen LogP contribution in [0, 0.1) is 12.8 Å². The monoisotopic (exact) mass is 313 g/mol. The van der Waals surface area contributed by atoms with Crippen LogP contribution < -0.4 is 4.90 Å². The summed E-state index contributed by atoms with van der Waals surface area (Å²) in [4.78, 5) is 20.9. The summed E-state index contributed by atoms with van der Waals surface area (Å²) >= 11 is 0. The van der Waals surface area contributed by atoms with Crippen LogP contribution >= 0.6 is 0 Å². The van der Waals surface area contributed by atoms with E-state index < -0.39 is 12.0 Å². The molecule has 0 aliphatic carbocycles. The lowest BCUT2D eigenvalue weighted by atomic mass is 9.99. The first kappa shape index (κ1) is 14.7. The summed E-state index contributed by atoms with van der Waals surface area (Å²) in [5, 5.41) is 3.54. The van der Waals surface area contributed by atoms with Crippen molar-refractivity contribution in [1.82, 2.24) is 19.6 Å². The molecular weight excluding hydrogens is 299 g/mol. The maximum Gasteiger partial charge on any atom is 0.453 e. The molecule has 9 heteroatoms. The van der Waals surface area contributed by atoms with Gasteiger partial charge in [-0.1, -0.05) is 6.92 Å². The minimum atomic E-state index is -4.62. The van der Waals surface area contributed by atoms with Gasteiger partial charge in [-0.15, -0.1) is 5.10 Å². The second-order valence-corrected chi connectivity index (χ2v) is 5.46. The van der Waals surface area contributed by atoms with Crippen LogP contribution in [0.15, 0.2) is 6.07 Å². The van der Waals surface area contributed by atoms with Gasteiger partial charge in [0.1, 0.15) is 11.6 Å². The van der Waals surface area contributed by atoms with Crippen molar-refractivity contribution >= 4 is 17.4 Å². The highest BCUT2D eigenvalue weighted by molar-refractivity contribution is 5.83. The molecule has 0 aromatic carbocycles. The molecule has 1 aliphatic rings. The Balaban J connectivity index is 2.09. The van der Waals surface area contributed by atoms with E-state index in [0.29, 0.717) is 31.0 Å². The first-order valence-electron chi connectivity index (χ1n) is 6.85. The number of fused-ring (bicyclic) bond motifs is 1. The third kappa shape index (κ3) is 2.51. The zero-order chi connectivity index (χ0) is 16.1. The molecular formula is C13H14F3N5O. The molecule has 1 atom stereocenters. The minimum absolute atomic E-state index is 0.0909. The minimum Gasteiger partial charge on any atom is -0.355 e. The number of hydrogen-bond donors (Lipinski definition) is 0. The van der Waals surface area contributed by atoms with Crippen LogP contribution in [0.4, 0.5) is 19.0 Å². The van der Waals surface area contributed by atoms with Gasteiger partial charge < -0.3 is 4.90 Å². The number of anilines is 1. The van der Waals surface area contributed by atoms with Gasteiger partial charge >= 0.3 is 6.18 Å². The second kappa shape index (κ2) is 4.92. The van der Waals surface area contributed by atoms with Crippen molar-refractivity contribution in [3.05, 3.63) is 17.6 Å². The molecule has 2 aromatic heterocycles. The molecule has 0 N–H and O–H groups in total. The summed E-state index contributed by atoms with van der Waals surface area (Å²) in [5.74, 6) is -0.833. The fourth-order valence-corrected chi connectivity index (χ4v) is 2.54. The van der Waals surface area contributed by atoms with Gasteiger partial charge in [-0.2, -0.15) is 22.7 Å². The normalized spacial score (nSPS) is 20.0. The van der Waals surface area contributed by atoms with E-state index in [4.69, 9.17) is 0 Å². The Kier molecular flexibility index (Phi) is 3.30. The second-order valence-electron chi connectivity index (χ2n) is 5.46. The summed E-state index contributed by atoms with van der Waals surface area (Å²) in [6.45, 7) is 4.38. The molecule has 0 bridgehead atoms. The van der Waals surface area contributed by atoms with Crippen LogP contribution in [0.25, 0.3) is 5.78 Å². The molecule has 1 saturated heterocycles. The van der Waals surface area contributed by atoms with Crippen LogP contribution in [0.5, 0.6) is 0 Å². The Morgan fingerprint density at radius 1 is 1.32 bits per heavy atom. The molecule has 118 valence electrons. The summed E-state index contributed by atoms with van der Waals surface area (Å²) in [5.41, 5.74) is 0.549. The van der Waals surface area contributed by atoms with Crippen LogP contribution in [0.3, 0.4) is 0 Å². The van der Waals surface area contributed by atoms with Gasteiger partial charge in [0, 0.05) is 37.2 Å². The number of halogens is 3. The summed E-state index contributed by atoms with van der Waals surface area (Å²) in [6.07, 6.45) is -4.26. The molecule has 0 radical (unpaired) electrons. The number of carbonyl (C=O) groups excluding carboxylic acids is 1. The van der Waals surface area contributed by atoms with Crippen molar-refractivity contribution in [3.63, 3.8) is 0 Å². The highest BCUT2D eigenvalue weighted by Crippen LogP contribution is 2.28. The number of Topliss-reactive ketones (excluding diaryl/α,β-unsaturated/α-hetero) is 1. The Morgan fingerprint density at radius 3 is 2.68 bits per heavy atom. The third-order valence-electron chi connectivity index (χ3n) is 3.67. The summed E-state index contributed by atoms with van der Waals surface area (Å²) in [6, 6.07) is 1.66. The van der Waals surface area contributed by atoms with Crippen molar-refractivity contribution in [1.29, 1.82) is 0 Å². The van der Waals surface area contributed by atoms with Gasteiger partial charge in [-0.05, 0) is 6.92 Å². The zero-order valence-electron chi connectivity index (χ0n) is 12.1. The predicted octanol–water partition coefficient (Wildman–Crippen LogP) is 1.87. The Labute approximate surface area is 124 Å². The van der Waals surface area contributed by atoms with Gasteiger partial charge in [-0.25, -0.2) is 4.98 Å². The third-order valence-corrected chi connectivity index (χ3v) is 3.67. The maximum absolute atomic E-state index is 12.8. The number of hydrogen-bond acceptors (Lipinski definition) is 5. The maximum atomic E-state index is 12.8. The van der Waals surface area contributed by atoms with Crippen molar-refractivity contribution in [2.24, 2.45) is 5.92 Å². The smallest absolute Gasteiger partial charge is 0.355 e. The molecule has 0 amide bonds. The molecule has 1 aliphatic heterocycles. The van der Waals surface area contributed by atoms with Crippen molar-refractivity contribution < 1.29 is 18.0 Å². The van der Waals surface area contributed by atoms with E-state index in [1.165, 1.54) is 0 Å². The average molecular weight is 313 g/mol. The molecule has 0 spiro atoms. The van der Waals surface area contributed by atoms with Crippen molar-refractivity contribution in [2.45, 2.75) is 26.4 Å². The predicted molar refractivity (Wildman–Crippen MR) is 71.5 cm³/mol. The Bertz CT molecular complexity index is 739. The molecule has 0 saturated carbocycles. The Hall–Kier alpha value is -2.19. The molecule has 1 unspecified atom stereocenters. The molecule has 1 fully saturated rings. The molecule has 3 rings (SSSR count). The van der Waals surface area contributed by atoms with E-state index in [2.05, 4.69) is 15.1 Å². The van der Waals surface area contributed by atoms with Gasteiger partial charge in [0.2, 0.25) is 0 Å². The van der Waals surface area contributed by atoms with Crippen molar-refractivity contribution in [3.8, 4) is 0 Å². The van der Waals surface area contributed by atoms with E-state index in [1.807, 2.05) is 11.8 Å². The first-order chi connectivity index (χ1) is 10.3. The average Bonchev–Trinajstić information content (AvgIpc) is 2.84. The highest BCUT2D eigenvalue weighted by atomic mass is 19.4. The number of piperidine rings is 1. The fourth-order valence-electron chi connectivity index (χ4n) is 2.54. The number of aromatic nitrogens is 4. The number of ketones is 1. The molecule has 2 aromatic rings. The largest absolute Gasteiger partial charge is 0.453 e. The highest BCUT2D eigenvalue weighted by Gasteiger charge is 2.37. The number of aryl methyl sites for hydroxylation is 1. The number of rotatable bonds is 1. The fraction of sp³-hybridized carbons (Fsp3) is 0.538. The van der Waals surface area contributed by atoms with E-state index in [9.17, 15) is 18.0 Å². The van der Waals surface area contributed by atoms with E-state index in [-0.39, 0.29) is 17.5 Å². The lowest BCUT2D eigenvalue weighted by Crippen LogP contribution is -2.40. The van der Waals surface area contributed by atoms with Gasteiger partial charge in [0.25, 0.3) is 11.6 Å². The van der Waals surface area contributed by atoms with Gasteiger partial charge in [-0.3, -0.25) is 4.79 Å². The number of alkyl halides is 3. The van der Waals surface area contributed by atoms with Crippen LogP contribution in [-0.4, -0.2) is 38.5 Å². The van der Waals surface area contributed by atoms with Crippen LogP contribution in [0.2, 0.25) is 0 Å².